The maximum absolute atomic E-state index is 12.1. The first kappa shape index (κ1) is 12.4. The van der Waals surface area contributed by atoms with Crippen LogP contribution in [-0.4, -0.2) is 15.6 Å². The molecule has 98 valence electrons. The molecule has 0 saturated heterocycles. The maximum Gasteiger partial charge on any atom is 0.166 e. The fraction of sp³-hybridized carbons (Fsp3) is 0.333. The molecule has 0 atom stereocenters. The fourth-order valence-electron chi connectivity index (χ4n) is 2.63. The summed E-state index contributed by atoms with van der Waals surface area (Å²) in [4.78, 5) is 12.1. The molecule has 1 heterocycles. The summed E-state index contributed by atoms with van der Waals surface area (Å²) in [5.74, 6) is 0.187. The van der Waals surface area contributed by atoms with Crippen molar-refractivity contribution in [2.75, 3.05) is 0 Å². The van der Waals surface area contributed by atoms with Crippen molar-refractivity contribution < 1.29 is 4.79 Å². The van der Waals surface area contributed by atoms with Crippen molar-refractivity contribution in [1.82, 2.24) is 9.78 Å². The fourth-order valence-corrected chi connectivity index (χ4v) is 2.75. The molecular formula is C15H15ClN2O. The normalized spacial score (nSPS) is 17.3. The Bertz CT molecular complexity index is 641. The number of ketones is 1. The number of halogens is 1. The van der Waals surface area contributed by atoms with Gasteiger partial charge in [-0.1, -0.05) is 25.4 Å². The number of fused-ring (bicyclic) bond motifs is 1. The molecule has 0 N–H and O–H groups in total. The van der Waals surface area contributed by atoms with Crippen molar-refractivity contribution in [3.8, 4) is 5.69 Å². The molecule has 4 heteroatoms. The third-order valence-electron chi connectivity index (χ3n) is 3.53. The van der Waals surface area contributed by atoms with Crippen molar-refractivity contribution in [3.63, 3.8) is 0 Å². The zero-order valence-corrected chi connectivity index (χ0v) is 11.7. The van der Waals surface area contributed by atoms with Gasteiger partial charge in [0.2, 0.25) is 0 Å². The molecule has 0 unspecified atom stereocenters. The van der Waals surface area contributed by atoms with Gasteiger partial charge >= 0.3 is 0 Å². The van der Waals surface area contributed by atoms with E-state index in [0.717, 1.165) is 23.4 Å². The summed E-state index contributed by atoms with van der Waals surface area (Å²) in [6.45, 7) is 4.24. The molecule has 1 aromatic carbocycles. The van der Waals surface area contributed by atoms with E-state index in [1.54, 1.807) is 6.20 Å². The third kappa shape index (κ3) is 2.19. The molecule has 3 rings (SSSR count). The largest absolute Gasteiger partial charge is 0.294 e. The standard InChI is InChI=1S/C15H15ClN2O/c1-15(2)7-13-12(14(19)8-15)9-17-18(13)11-5-3-10(16)4-6-11/h3-6,9H,7-8H2,1-2H3. The second-order valence-electron chi connectivity index (χ2n) is 5.83. The van der Waals surface area contributed by atoms with Crippen LogP contribution in [0, 0.1) is 5.41 Å². The van der Waals surface area contributed by atoms with Gasteiger partial charge in [0.05, 0.1) is 23.1 Å². The van der Waals surface area contributed by atoms with Crippen molar-refractivity contribution >= 4 is 17.4 Å². The molecule has 0 fully saturated rings. The van der Waals surface area contributed by atoms with Gasteiger partial charge in [0.25, 0.3) is 0 Å². The molecule has 0 amide bonds. The number of carbonyl (C=O) groups excluding carboxylic acids is 1. The predicted octanol–water partition coefficient (Wildman–Crippen LogP) is 3.68. The topological polar surface area (TPSA) is 34.9 Å². The molecule has 1 aliphatic carbocycles. The van der Waals surface area contributed by atoms with E-state index in [1.165, 1.54) is 0 Å². The zero-order valence-electron chi connectivity index (χ0n) is 11.0. The smallest absolute Gasteiger partial charge is 0.166 e. The van der Waals surface area contributed by atoms with Crippen molar-refractivity contribution in [2.24, 2.45) is 5.41 Å². The van der Waals surface area contributed by atoms with Gasteiger partial charge in [-0.2, -0.15) is 5.10 Å². The monoisotopic (exact) mass is 274 g/mol. The second-order valence-corrected chi connectivity index (χ2v) is 6.27. The van der Waals surface area contributed by atoms with Crippen LogP contribution in [-0.2, 0) is 6.42 Å². The number of nitrogens with zero attached hydrogens (tertiary/aromatic N) is 2. The first-order chi connectivity index (χ1) is 8.96. The molecule has 0 aliphatic heterocycles. The van der Waals surface area contributed by atoms with Crippen LogP contribution in [0.5, 0.6) is 0 Å². The van der Waals surface area contributed by atoms with Gasteiger partial charge in [0, 0.05) is 11.4 Å². The first-order valence-electron chi connectivity index (χ1n) is 6.32. The van der Waals surface area contributed by atoms with E-state index in [9.17, 15) is 4.79 Å². The number of hydrogen-bond donors (Lipinski definition) is 0. The van der Waals surface area contributed by atoms with Crippen LogP contribution < -0.4 is 0 Å². The Morgan fingerprint density at radius 2 is 1.89 bits per heavy atom. The molecule has 3 nitrogen and oxygen atoms in total. The first-order valence-corrected chi connectivity index (χ1v) is 6.70. The lowest BCUT2D eigenvalue weighted by Crippen LogP contribution is -2.27. The average molecular weight is 275 g/mol. The Balaban J connectivity index is 2.11. The van der Waals surface area contributed by atoms with Crippen LogP contribution in [0.2, 0.25) is 5.02 Å². The van der Waals surface area contributed by atoms with Crippen LogP contribution in [0.25, 0.3) is 5.69 Å². The van der Waals surface area contributed by atoms with E-state index < -0.39 is 0 Å². The highest BCUT2D eigenvalue weighted by Gasteiger charge is 2.33. The Labute approximate surface area is 117 Å². The summed E-state index contributed by atoms with van der Waals surface area (Å²) in [6, 6.07) is 7.50. The molecule has 1 aliphatic rings. The van der Waals surface area contributed by atoms with Crippen LogP contribution >= 0.6 is 11.6 Å². The highest BCUT2D eigenvalue weighted by Crippen LogP contribution is 2.35. The highest BCUT2D eigenvalue weighted by molar-refractivity contribution is 6.30. The van der Waals surface area contributed by atoms with Gasteiger partial charge in [-0.15, -0.1) is 0 Å². The Kier molecular flexibility index (Phi) is 2.75. The summed E-state index contributed by atoms with van der Waals surface area (Å²) < 4.78 is 1.85. The lowest BCUT2D eigenvalue weighted by atomic mass is 9.76. The zero-order chi connectivity index (χ0) is 13.6. The summed E-state index contributed by atoms with van der Waals surface area (Å²) >= 11 is 5.90. The third-order valence-corrected chi connectivity index (χ3v) is 3.78. The molecule has 19 heavy (non-hydrogen) atoms. The number of Topliss-reactive ketones (excluding diaryl/α,β-unsaturated/α-hetero) is 1. The molecule has 2 aromatic rings. The van der Waals surface area contributed by atoms with Crippen molar-refractivity contribution in [2.45, 2.75) is 26.7 Å². The quantitative estimate of drug-likeness (QED) is 0.795. The van der Waals surface area contributed by atoms with E-state index in [-0.39, 0.29) is 11.2 Å². The van der Waals surface area contributed by atoms with Gasteiger partial charge in [-0.05, 0) is 36.1 Å². The van der Waals surface area contributed by atoms with E-state index >= 15 is 0 Å². The average Bonchev–Trinajstić information content (AvgIpc) is 2.72. The van der Waals surface area contributed by atoms with Gasteiger partial charge in [0.15, 0.2) is 5.78 Å². The van der Waals surface area contributed by atoms with Gasteiger partial charge in [-0.25, -0.2) is 4.68 Å². The second kappa shape index (κ2) is 4.20. The van der Waals surface area contributed by atoms with Crippen molar-refractivity contribution in [3.05, 3.63) is 46.7 Å². The molecule has 0 spiro atoms. The van der Waals surface area contributed by atoms with Crippen LogP contribution in [0.3, 0.4) is 0 Å². The van der Waals surface area contributed by atoms with E-state index in [1.807, 2.05) is 28.9 Å². The van der Waals surface area contributed by atoms with Gasteiger partial charge < -0.3 is 0 Å². The Hall–Kier alpha value is -1.61. The van der Waals surface area contributed by atoms with E-state index in [0.29, 0.717) is 11.4 Å². The summed E-state index contributed by atoms with van der Waals surface area (Å²) in [7, 11) is 0. The Morgan fingerprint density at radius 3 is 2.58 bits per heavy atom. The molecule has 0 saturated carbocycles. The van der Waals surface area contributed by atoms with Crippen molar-refractivity contribution in [1.29, 1.82) is 0 Å². The maximum atomic E-state index is 12.1. The number of hydrogen-bond acceptors (Lipinski definition) is 2. The minimum atomic E-state index is -0.00566. The number of carbonyl (C=O) groups is 1. The van der Waals surface area contributed by atoms with Gasteiger partial charge in [-0.3, -0.25) is 4.79 Å². The number of aromatic nitrogens is 2. The summed E-state index contributed by atoms with van der Waals surface area (Å²) in [5.41, 5.74) is 2.70. The van der Waals surface area contributed by atoms with Crippen LogP contribution in [0.1, 0.15) is 36.3 Å². The Morgan fingerprint density at radius 1 is 1.21 bits per heavy atom. The van der Waals surface area contributed by atoms with Crippen LogP contribution in [0.4, 0.5) is 0 Å². The van der Waals surface area contributed by atoms with E-state index in [4.69, 9.17) is 11.6 Å². The molecule has 1 aromatic heterocycles. The molecule has 0 bridgehead atoms. The minimum absolute atomic E-state index is 0.00566. The number of benzene rings is 1. The lowest BCUT2D eigenvalue weighted by molar-refractivity contribution is 0.0911. The number of rotatable bonds is 1. The molecule has 0 radical (unpaired) electrons. The summed E-state index contributed by atoms with van der Waals surface area (Å²) in [6.07, 6.45) is 3.13. The minimum Gasteiger partial charge on any atom is -0.294 e. The van der Waals surface area contributed by atoms with Crippen LogP contribution in [0.15, 0.2) is 30.5 Å². The SMILES string of the molecule is CC1(C)CC(=O)c2cnn(-c3ccc(Cl)cc3)c2C1. The molecular weight excluding hydrogens is 260 g/mol. The predicted molar refractivity (Wildman–Crippen MR) is 75.0 cm³/mol. The lowest BCUT2D eigenvalue weighted by Gasteiger charge is -2.28. The highest BCUT2D eigenvalue weighted by atomic mass is 35.5. The van der Waals surface area contributed by atoms with E-state index in [2.05, 4.69) is 18.9 Å². The summed E-state index contributed by atoms with van der Waals surface area (Å²) in [5, 5.41) is 5.06. The van der Waals surface area contributed by atoms with Gasteiger partial charge in [0.1, 0.15) is 0 Å².